The lowest BCUT2D eigenvalue weighted by molar-refractivity contribution is -0.127. The van der Waals surface area contributed by atoms with Crippen LogP contribution in [-0.4, -0.2) is 45.1 Å². The Bertz CT molecular complexity index is 691. The first kappa shape index (κ1) is 19.5. The van der Waals surface area contributed by atoms with Crippen LogP contribution in [0.25, 0.3) is 11.3 Å². The van der Waals surface area contributed by atoms with Gasteiger partial charge in [0.25, 0.3) is 0 Å². The molecule has 0 saturated heterocycles. The number of benzene rings is 1. The van der Waals surface area contributed by atoms with Gasteiger partial charge in [-0.1, -0.05) is 20.8 Å². The fourth-order valence-electron chi connectivity index (χ4n) is 2.28. The van der Waals surface area contributed by atoms with E-state index in [1.54, 1.807) is 28.8 Å². The van der Waals surface area contributed by atoms with E-state index in [1.807, 2.05) is 13.1 Å². The zero-order valence-corrected chi connectivity index (χ0v) is 16.1. The first-order chi connectivity index (χ1) is 11.7. The highest BCUT2D eigenvalue weighted by Gasteiger charge is 2.15. The predicted octanol–water partition coefficient (Wildman–Crippen LogP) is 4.14. The molecule has 0 fully saturated rings. The number of carbonyl (C=O) groups is 1. The van der Waals surface area contributed by atoms with E-state index in [0.29, 0.717) is 12.3 Å². The Morgan fingerprint density at radius 1 is 1.28 bits per heavy atom. The van der Waals surface area contributed by atoms with Crippen LogP contribution < -0.4 is 0 Å². The molecule has 1 heterocycles. The molecule has 4 nitrogen and oxygen atoms in total. The maximum absolute atomic E-state index is 13.0. The summed E-state index contributed by atoms with van der Waals surface area (Å²) in [5.41, 5.74) is 2.71. The number of halogens is 1. The minimum absolute atomic E-state index is 0.100. The lowest BCUT2D eigenvalue weighted by atomic mass is 10.1. The average Bonchev–Trinajstić information content (AvgIpc) is 3.01. The molecule has 0 aliphatic heterocycles. The number of aryl methyl sites for hydroxylation is 1. The summed E-state index contributed by atoms with van der Waals surface area (Å²) >= 11 is 1.67. The minimum Gasteiger partial charge on any atom is -0.345 e. The van der Waals surface area contributed by atoms with Gasteiger partial charge >= 0.3 is 0 Å². The van der Waals surface area contributed by atoms with E-state index in [4.69, 9.17) is 0 Å². The van der Waals surface area contributed by atoms with E-state index in [1.165, 1.54) is 12.1 Å². The van der Waals surface area contributed by atoms with Gasteiger partial charge in [-0.15, -0.1) is 11.8 Å². The van der Waals surface area contributed by atoms with Crippen molar-refractivity contribution >= 4 is 17.7 Å². The highest BCUT2D eigenvalue weighted by Crippen LogP contribution is 2.23. The van der Waals surface area contributed by atoms with Crippen molar-refractivity contribution in [1.29, 1.82) is 0 Å². The van der Waals surface area contributed by atoms with Crippen molar-refractivity contribution in [2.45, 2.75) is 38.4 Å². The van der Waals surface area contributed by atoms with Crippen LogP contribution in [0.3, 0.4) is 0 Å². The second-order valence-electron chi connectivity index (χ2n) is 7.11. The maximum Gasteiger partial charge on any atom is 0.232 e. The van der Waals surface area contributed by atoms with Gasteiger partial charge in [0.05, 0.1) is 11.4 Å². The van der Waals surface area contributed by atoms with Crippen molar-refractivity contribution in [2.75, 3.05) is 19.3 Å². The van der Waals surface area contributed by atoms with Crippen LogP contribution in [0.5, 0.6) is 0 Å². The smallest absolute Gasteiger partial charge is 0.232 e. The number of amides is 1. The van der Waals surface area contributed by atoms with Gasteiger partial charge < -0.3 is 4.90 Å². The van der Waals surface area contributed by atoms with E-state index in [2.05, 4.69) is 31.0 Å². The third-order valence-electron chi connectivity index (χ3n) is 3.76. The number of rotatable bonds is 7. The summed E-state index contributed by atoms with van der Waals surface area (Å²) in [6.07, 6.45) is 1.69. The van der Waals surface area contributed by atoms with Crippen LogP contribution in [0.2, 0.25) is 0 Å². The fraction of sp³-hybridized carbons (Fsp3) is 0.474. The Kier molecular flexibility index (Phi) is 6.64. The van der Waals surface area contributed by atoms with Gasteiger partial charge in [0.15, 0.2) is 0 Å². The molecule has 2 rings (SSSR count). The number of aromatic nitrogens is 2. The molecular formula is C19H26FN3OS. The molecule has 1 N–H and O–H groups in total. The molecule has 0 atom stereocenters. The predicted molar refractivity (Wildman–Crippen MR) is 102 cm³/mol. The average molecular weight is 364 g/mol. The summed E-state index contributed by atoms with van der Waals surface area (Å²) in [7, 11) is 1.85. The van der Waals surface area contributed by atoms with Crippen molar-refractivity contribution in [3.05, 3.63) is 41.8 Å². The lowest BCUT2D eigenvalue weighted by Gasteiger charge is -2.21. The quantitative estimate of drug-likeness (QED) is 0.804. The van der Waals surface area contributed by atoms with Crippen molar-refractivity contribution in [3.8, 4) is 11.3 Å². The molecular weight excluding hydrogens is 337 g/mol. The first-order valence-corrected chi connectivity index (χ1v) is 9.41. The lowest BCUT2D eigenvalue weighted by Crippen LogP contribution is -2.30. The highest BCUT2D eigenvalue weighted by molar-refractivity contribution is 8.01. The summed E-state index contributed by atoms with van der Waals surface area (Å²) in [6, 6.07) is 8.27. The summed E-state index contributed by atoms with van der Waals surface area (Å²) in [5.74, 6) is 0.423. The van der Waals surface area contributed by atoms with E-state index in [-0.39, 0.29) is 16.5 Å². The molecule has 0 aliphatic rings. The maximum atomic E-state index is 13.0. The summed E-state index contributed by atoms with van der Waals surface area (Å²) in [5, 5.41) is 7.29. The molecule has 25 heavy (non-hydrogen) atoms. The Labute approximate surface area is 153 Å². The number of hydrogen-bond acceptors (Lipinski definition) is 3. The molecule has 0 spiro atoms. The normalized spacial score (nSPS) is 11.6. The molecule has 136 valence electrons. The van der Waals surface area contributed by atoms with Crippen molar-refractivity contribution < 1.29 is 9.18 Å². The Balaban J connectivity index is 1.78. The zero-order valence-electron chi connectivity index (χ0n) is 15.3. The van der Waals surface area contributed by atoms with Crippen molar-refractivity contribution in [2.24, 2.45) is 0 Å². The molecule has 6 heteroatoms. The highest BCUT2D eigenvalue weighted by atomic mass is 32.2. The van der Waals surface area contributed by atoms with Crippen LogP contribution in [0.15, 0.2) is 30.3 Å². The van der Waals surface area contributed by atoms with Crippen LogP contribution >= 0.6 is 11.8 Å². The molecule has 1 aromatic carbocycles. The standard InChI is InChI=1S/C19H26FN3OS/c1-19(2,3)25-13-18(24)23(4)11-5-6-16-12-17(22-21-16)14-7-9-15(20)10-8-14/h7-10,12H,5-6,11,13H2,1-4H3,(H,21,22). The second-order valence-corrected chi connectivity index (χ2v) is 8.91. The second kappa shape index (κ2) is 8.52. The van der Waals surface area contributed by atoms with Crippen molar-refractivity contribution in [1.82, 2.24) is 15.1 Å². The van der Waals surface area contributed by atoms with Gasteiger partial charge in [0.1, 0.15) is 5.82 Å². The third-order valence-corrected chi connectivity index (χ3v) is 5.02. The van der Waals surface area contributed by atoms with E-state index < -0.39 is 0 Å². The monoisotopic (exact) mass is 363 g/mol. The SMILES string of the molecule is CN(CCCc1cc(-c2ccc(F)cc2)n[nH]1)C(=O)CSC(C)(C)C. The molecule has 1 amide bonds. The van der Waals surface area contributed by atoms with E-state index in [9.17, 15) is 9.18 Å². The number of aromatic amines is 1. The Morgan fingerprint density at radius 3 is 2.60 bits per heavy atom. The van der Waals surface area contributed by atoms with Gasteiger partial charge in [-0.3, -0.25) is 9.89 Å². The molecule has 2 aromatic rings. The summed E-state index contributed by atoms with van der Waals surface area (Å²) in [6.45, 7) is 7.06. The van der Waals surface area contributed by atoms with Crippen LogP contribution in [0.4, 0.5) is 4.39 Å². The number of thioether (sulfide) groups is 1. The summed E-state index contributed by atoms with van der Waals surface area (Å²) in [4.78, 5) is 13.9. The Hall–Kier alpha value is -1.82. The fourth-order valence-corrected chi connectivity index (χ4v) is 3.05. The number of H-pyrrole nitrogens is 1. The van der Waals surface area contributed by atoms with E-state index >= 15 is 0 Å². The van der Waals surface area contributed by atoms with Crippen molar-refractivity contribution in [3.63, 3.8) is 0 Å². The number of nitrogens with one attached hydrogen (secondary N) is 1. The zero-order chi connectivity index (χ0) is 18.4. The molecule has 0 unspecified atom stereocenters. The number of hydrogen-bond donors (Lipinski definition) is 1. The van der Waals surface area contributed by atoms with Crippen LogP contribution in [0, 0.1) is 5.82 Å². The minimum atomic E-state index is -0.253. The van der Waals surface area contributed by atoms with Gasteiger partial charge in [-0.2, -0.15) is 5.10 Å². The molecule has 0 aliphatic carbocycles. The van der Waals surface area contributed by atoms with E-state index in [0.717, 1.165) is 29.8 Å². The molecule has 1 aromatic heterocycles. The van der Waals surface area contributed by atoms with Gasteiger partial charge in [-0.25, -0.2) is 4.39 Å². The van der Waals surface area contributed by atoms with Crippen LogP contribution in [0.1, 0.15) is 32.9 Å². The summed E-state index contributed by atoms with van der Waals surface area (Å²) < 4.78 is 13.1. The largest absolute Gasteiger partial charge is 0.345 e. The number of nitrogens with zero attached hydrogens (tertiary/aromatic N) is 2. The first-order valence-electron chi connectivity index (χ1n) is 8.43. The Morgan fingerprint density at radius 2 is 1.96 bits per heavy atom. The van der Waals surface area contributed by atoms with Gasteiger partial charge in [0.2, 0.25) is 5.91 Å². The third kappa shape index (κ3) is 6.53. The van der Waals surface area contributed by atoms with Crippen LogP contribution in [-0.2, 0) is 11.2 Å². The molecule has 0 bridgehead atoms. The topological polar surface area (TPSA) is 49.0 Å². The molecule has 0 saturated carbocycles. The molecule has 0 radical (unpaired) electrons. The van der Waals surface area contributed by atoms with Gasteiger partial charge in [-0.05, 0) is 43.2 Å². The number of carbonyl (C=O) groups excluding carboxylic acids is 1. The van der Waals surface area contributed by atoms with Gasteiger partial charge in [0, 0.05) is 29.6 Å².